The van der Waals surface area contributed by atoms with E-state index in [1.807, 2.05) is 35.5 Å². The molecule has 2 amide bonds. The van der Waals surface area contributed by atoms with E-state index in [1.54, 1.807) is 12.5 Å². The first-order valence-corrected chi connectivity index (χ1v) is 11.5. The van der Waals surface area contributed by atoms with Gasteiger partial charge in [0.2, 0.25) is 11.8 Å². The van der Waals surface area contributed by atoms with Crippen LogP contribution in [-0.4, -0.2) is 64.9 Å². The van der Waals surface area contributed by atoms with Crippen molar-refractivity contribution in [2.24, 2.45) is 29.7 Å². The van der Waals surface area contributed by atoms with Crippen molar-refractivity contribution >= 4 is 11.8 Å². The van der Waals surface area contributed by atoms with Gasteiger partial charge < -0.3 is 14.8 Å². The van der Waals surface area contributed by atoms with Crippen molar-refractivity contribution in [1.29, 1.82) is 0 Å². The largest absolute Gasteiger partial charge is 0.354 e. The average molecular weight is 414 g/mol. The molecule has 0 bridgehead atoms. The van der Waals surface area contributed by atoms with Crippen molar-refractivity contribution in [2.45, 2.75) is 51.0 Å². The predicted molar refractivity (Wildman–Crippen MR) is 113 cm³/mol. The molecule has 164 valence electrons. The molecule has 7 nitrogen and oxygen atoms in total. The predicted octanol–water partition coefficient (Wildman–Crippen LogP) is 1.96. The third-order valence-corrected chi connectivity index (χ3v) is 8.48. The number of nitrogens with zero attached hydrogens (tertiary/aromatic N) is 4. The van der Waals surface area contributed by atoms with E-state index < -0.39 is 0 Å². The van der Waals surface area contributed by atoms with Crippen molar-refractivity contribution < 1.29 is 9.59 Å². The smallest absolute Gasteiger partial charge is 0.243 e. The number of aryl methyl sites for hydroxylation is 1. The Hall–Kier alpha value is -1.89. The fraction of sp³-hybridized carbons (Fsp3) is 0.783. The van der Waals surface area contributed by atoms with Gasteiger partial charge in [-0.25, -0.2) is 4.98 Å². The number of hydrogen-bond donors (Lipinski definition) is 1. The number of likely N-dealkylation sites (N-methyl/N-ethyl adjacent to an activating group) is 1. The van der Waals surface area contributed by atoms with Crippen LogP contribution in [0.4, 0.5) is 0 Å². The second-order valence-electron chi connectivity index (χ2n) is 10.8. The molecule has 2 spiro atoms. The Morgan fingerprint density at radius 3 is 2.43 bits per heavy atom. The SMILES string of the molecule is CN(C)C(C(=O)NCC1CN(C(=O)C2CC23CCC2(CC2)CC3)C1)c1cncn1C. The highest BCUT2D eigenvalue weighted by Crippen LogP contribution is 2.69. The van der Waals surface area contributed by atoms with Gasteiger partial charge in [0.05, 0.1) is 18.2 Å². The van der Waals surface area contributed by atoms with Crippen molar-refractivity contribution in [3.63, 3.8) is 0 Å². The summed E-state index contributed by atoms with van der Waals surface area (Å²) in [5.74, 6) is 1.02. The highest BCUT2D eigenvalue weighted by Gasteiger charge is 2.63. The molecule has 0 aromatic carbocycles. The zero-order chi connectivity index (χ0) is 21.1. The monoisotopic (exact) mass is 413 g/mol. The molecule has 4 aliphatic rings. The molecule has 5 rings (SSSR count). The number of aromatic nitrogens is 2. The molecule has 1 aliphatic heterocycles. The van der Waals surface area contributed by atoms with Gasteiger partial charge in [-0.3, -0.25) is 14.5 Å². The van der Waals surface area contributed by atoms with Crippen molar-refractivity contribution in [3.05, 3.63) is 18.2 Å². The number of amides is 2. The van der Waals surface area contributed by atoms with E-state index in [0.717, 1.165) is 25.2 Å². The molecule has 3 aliphatic carbocycles. The second-order valence-corrected chi connectivity index (χ2v) is 10.8. The van der Waals surface area contributed by atoms with Gasteiger partial charge in [-0.2, -0.15) is 0 Å². The van der Waals surface area contributed by atoms with Crippen molar-refractivity contribution in [3.8, 4) is 0 Å². The van der Waals surface area contributed by atoms with E-state index in [0.29, 0.717) is 29.2 Å². The van der Waals surface area contributed by atoms with Gasteiger partial charge in [0, 0.05) is 38.5 Å². The van der Waals surface area contributed by atoms with Gasteiger partial charge in [-0.15, -0.1) is 0 Å². The third kappa shape index (κ3) is 3.45. The van der Waals surface area contributed by atoms with Crippen LogP contribution in [0.25, 0.3) is 0 Å². The summed E-state index contributed by atoms with van der Waals surface area (Å²) in [6, 6.07) is -0.359. The minimum absolute atomic E-state index is 0.00858. The first kappa shape index (κ1) is 20.0. The van der Waals surface area contributed by atoms with Crippen LogP contribution in [0.3, 0.4) is 0 Å². The molecule has 30 heavy (non-hydrogen) atoms. The van der Waals surface area contributed by atoms with E-state index in [4.69, 9.17) is 0 Å². The Morgan fingerprint density at radius 2 is 1.87 bits per heavy atom. The van der Waals surface area contributed by atoms with Crippen LogP contribution < -0.4 is 5.32 Å². The zero-order valence-electron chi connectivity index (χ0n) is 18.6. The van der Waals surface area contributed by atoms with E-state index in [2.05, 4.69) is 10.3 Å². The van der Waals surface area contributed by atoms with E-state index in [9.17, 15) is 9.59 Å². The quantitative estimate of drug-likeness (QED) is 0.774. The van der Waals surface area contributed by atoms with Crippen molar-refractivity contribution in [1.82, 2.24) is 24.7 Å². The Balaban J connectivity index is 1.07. The van der Waals surface area contributed by atoms with Gasteiger partial charge in [0.1, 0.15) is 6.04 Å². The molecule has 4 fully saturated rings. The summed E-state index contributed by atoms with van der Waals surface area (Å²) in [6.07, 6.45) is 12.7. The Bertz CT molecular complexity index is 826. The topological polar surface area (TPSA) is 70.5 Å². The fourth-order valence-corrected chi connectivity index (χ4v) is 5.91. The van der Waals surface area contributed by atoms with Crippen LogP contribution in [-0.2, 0) is 16.6 Å². The molecule has 1 N–H and O–H groups in total. The van der Waals surface area contributed by atoms with E-state index >= 15 is 0 Å². The summed E-state index contributed by atoms with van der Waals surface area (Å²) in [5.41, 5.74) is 1.93. The van der Waals surface area contributed by atoms with Crippen molar-refractivity contribution in [2.75, 3.05) is 33.7 Å². The summed E-state index contributed by atoms with van der Waals surface area (Å²) in [6.45, 7) is 2.20. The number of carbonyl (C=O) groups is 2. The van der Waals surface area contributed by atoms with Gasteiger partial charge in [0.25, 0.3) is 0 Å². The third-order valence-electron chi connectivity index (χ3n) is 8.48. The lowest BCUT2D eigenvalue weighted by Crippen LogP contribution is -2.55. The minimum Gasteiger partial charge on any atom is -0.354 e. The normalized spacial score (nSPS) is 27.2. The number of nitrogens with one attached hydrogen (secondary N) is 1. The van der Waals surface area contributed by atoms with Gasteiger partial charge in [-0.05, 0) is 69.9 Å². The number of likely N-dealkylation sites (tertiary alicyclic amines) is 1. The molecule has 1 aromatic rings. The van der Waals surface area contributed by atoms with Crippen LogP contribution in [0.5, 0.6) is 0 Å². The maximum atomic E-state index is 12.9. The standard InChI is InChI=1S/C23H35N5O2/c1-26(2)19(18-12-24-15-27(18)3)20(29)25-11-16-13-28(14-16)21(30)17-10-23(17)8-6-22(4-5-22)7-9-23/h12,15-17,19H,4-11,13-14H2,1-3H3,(H,25,29). The summed E-state index contributed by atoms with van der Waals surface area (Å²) in [5, 5.41) is 3.10. The Morgan fingerprint density at radius 1 is 1.20 bits per heavy atom. The van der Waals surface area contributed by atoms with Gasteiger partial charge >= 0.3 is 0 Å². The molecule has 3 saturated carbocycles. The minimum atomic E-state index is -0.359. The van der Waals surface area contributed by atoms with Crippen LogP contribution in [0.15, 0.2) is 12.5 Å². The lowest BCUT2D eigenvalue weighted by Gasteiger charge is -2.40. The van der Waals surface area contributed by atoms with Crippen LogP contribution >= 0.6 is 0 Å². The Kier molecular flexibility index (Phi) is 4.73. The highest BCUT2D eigenvalue weighted by atomic mass is 16.2. The van der Waals surface area contributed by atoms with Crippen LogP contribution in [0, 0.1) is 22.7 Å². The molecule has 2 unspecified atom stereocenters. The molecule has 7 heteroatoms. The Labute approximate surface area is 179 Å². The molecule has 2 atom stereocenters. The lowest BCUT2D eigenvalue weighted by molar-refractivity contribution is -0.140. The number of hydrogen-bond acceptors (Lipinski definition) is 4. The first-order chi connectivity index (χ1) is 14.3. The molecule has 1 aromatic heterocycles. The number of rotatable bonds is 6. The zero-order valence-corrected chi connectivity index (χ0v) is 18.6. The maximum Gasteiger partial charge on any atom is 0.243 e. The molecular formula is C23H35N5O2. The van der Waals surface area contributed by atoms with E-state index in [-0.39, 0.29) is 17.9 Å². The summed E-state index contributed by atoms with van der Waals surface area (Å²) in [7, 11) is 5.72. The maximum absolute atomic E-state index is 12.9. The highest BCUT2D eigenvalue weighted by molar-refractivity contribution is 5.84. The molecular weight excluding hydrogens is 378 g/mol. The van der Waals surface area contributed by atoms with Gasteiger partial charge in [0.15, 0.2) is 0 Å². The fourth-order valence-electron chi connectivity index (χ4n) is 5.91. The molecule has 0 radical (unpaired) electrons. The summed E-state index contributed by atoms with van der Waals surface area (Å²) < 4.78 is 1.88. The molecule has 1 saturated heterocycles. The summed E-state index contributed by atoms with van der Waals surface area (Å²) >= 11 is 0. The number of imidazole rings is 1. The first-order valence-electron chi connectivity index (χ1n) is 11.5. The number of carbonyl (C=O) groups excluding carboxylic acids is 2. The van der Waals surface area contributed by atoms with Crippen LogP contribution in [0.2, 0.25) is 0 Å². The van der Waals surface area contributed by atoms with Crippen LogP contribution in [0.1, 0.15) is 56.7 Å². The molecule has 2 heterocycles. The van der Waals surface area contributed by atoms with Gasteiger partial charge in [-0.1, -0.05) is 0 Å². The van der Waals surface area contributed by atoms with E-state index in [1.165, 1.54) is 38.5 Å². The average Bonchev–Trinajstić information content (AvgIpc) is 3.55. The second kappa shape index (κ2) is 7.08. The lowest BCUT2D eigenvalue weighted by atomic mass is 9.76. The summed E-state index contributed by atoms with van der Waals surface area (Å²) in [4.78, 5) is 33.8.